The van der Waals surface area contributed by atoms with Crippen molar-refractivity contribution in [2.24, 2.45) is 0 Å². The summed E-state index contributed by atoms with van der Waals surface area (Å²) in [6.07, 6.45) is -2.68. The third-order valence-electron chi connectivity index (χ3n) is 1.32. The second kappa shape index (κ2) is 2.68. The summed E-state index contributed by atoms with van der Waals surface area (Å²) in [5, 5.41) is 18.6. The Morgan fingerprint density at radius 3 is 2.25 bits per heavy atom. The molecule has 0 unspecified atom stereocenters. The molecule has 1 aliphatic rings. The van der Waals surface area contributed by atoms with Crippen molar-refractivity contribution in [1.29, 1.82) is 0 Å². The molecule has 0 aromatic rings. The molecule has 3 N–H and O–H groups in total. The molecule has 0 bridgehead atoms. The summed E-state index contributed by atoms with van der Waals surface area (Å²) in [5.74, 6) is -2.92. The molecular formula is C5H5NO6. The van der Waals surface area contributed by atoms with E-state index in [0.29, 0.717) is 0 Å². The fraction of sp³-hybridized carbons (Fsp3) is 0.400. The Kier molecular flexibility index (Phi) is 1.86. The van der Waals surface area contributed by atoms with E-state index < -0.39 is 30.2 Å². The summed E-state index contributed by atoms with van der Waals surface area (Å²) >= 11 is 0. The summed E-state index contributed by atoms with van der Waals surface area (Å²) in [6, 6.07) is -1.50. The van der Waals surface area contributed by atoms with Gasteiger partial charge in [0, 0.05) is 0 Å². The van der Waals surface area contributed by atoms with Gasteiger partial charge in [-0.1, -0.05) is 0 Å². The Morgan fingerprint density at radius 2 is 1.92 bits per heavy atom. The molecule has 0 aromatic carbocycles. The van der Waals surface area contributed by atoms with Crippen LogP contribution in [0.2, 0.25) is 0 Å². The van der Waals surface area contributed by atoms with E-state index >= 15 is 0 Å². The van der Waals surface area contributed by atoms with Crippen LogP contribution < -0.4 is 5.32 Å². The van der Waals surface area contributed by atoms with Gasteiger partial charge in [0.15, 0.2) is 6.04 Å². The number of hydrogen-bond acceptors (Lipinski definition) is 4. The fourth-order valence-corrected chi connectivity index (χ4v) is 0.804. The number of rotatable bonds is 2. The molecule has 0 radical (unpaired) electrons. The topological polar surface area (TPSA) is 113 Å². The zero-order valence-corrected chi connectivity index (χ0v) is 5.68. The van der Waals surface area contributed by atoms with Gasteiger partial charge in [0.25, 0.3) is 0 Å². The number of ether oxygens (including phenoxy) is 1. The lowest BCUT2D eigenvalue weighted by atomic mass is 10.2. The first-order valence-corrected chi connectivity index (χ1v) is 2.95. The number of carbonyl (C=O) groups excluding carboxylic acids is 1. The van der Waals surface area contributed by atoms with Crippen molar-refractivity contribution in [1.82, 2.24) is 5.32 Å². The first-order valence-electron chi connectivity index (χ1n) is 2.95. The molecule has 2 atom stereocenters. The van der Waals surface area contributed by atoms with E-state index in [4.69, 9.17) is 10.2 Å². The van der Waals surface area contributed by atoms with Gasteiger partial charge in [-0.05, 0) is 0 Å². The Balaban J connectivity index is 2.79. The first kappa shape index (κ1) is 8.31. The van der Waals surface area contributed by atoms with Crippen LogP contribution in [0.4, 0.5) is 4.79 Å². The number of alkyl carbamates (subject to hydrolysis) is 1. The molecule has 12 heavy (non-hydrogen) atoms. The SMILES string of the molecule is O=C1N[C@H](C(=O)O)[C@@H](C(=O)O)O1. The van der Waals surface area contributed by atoms with Gasteiger partial charge in [-0.2, -0.15) is 0 Å². The highest BCUT2D eigenvalue weighted by atomic mass is 16.6. The molecule has 1 aliphatic heterocycles. The number of amides is 1. The minimum absolute atomic E-state index is 1.03. The molecule has 1 amide bonds. The quantitative estimate of drug-likeness (QED) is 0.477. The van der Waals surface area contributed by atoms with Crippen LogP contribution in [-0.4, -0.2) is 40.4 Å². The van der Waals surface area contributed by atoms with Crippen LogP contribution in [0.3, 0.4) is 0 Å². The van der Waals surface area contributed by atoms with Crippen molar-refractivity contribution in [3.63, 3.8) is 0 Å². The summed E-state index contributed by atoms with van der Waals surface area (Å²) < 4.78 is 4.17. The van der Waals surface area contributed by atoms with Crippen LogP contribution in [0.25, 0.3) is 0 Å². The average Bonchev–Trinajstić information content (AvgIpc) is 2.31. The molecule has 7 heteroatoms. The molecule has 0 saturated carbocycles. The lowest BCUT2D eigenvalue weighted by Crippen LogP contribution is -2.42. The molecular weight excluding hydrogens is 170 g/mol. The van der Waals surface area contributed by atoms with Gasteiger partial charge in [0.1, 0.15) is 0 Å². The maximum atomic E-state index is 10.4. The van der Waals surface area contributed by atoms with E-state index in [9.17, 15) is 14.4 Å². The number of nitrogens with one attached hydrogen (secondary N) is 1. The number of carboxylic acid groups (broad SMARTS) is 2. The van der Waals surface area contributed by atoms with Crippen LogP contribution in [0.15, 0.2) is 0 Å². The standard InChI is InChI=1S/C5H5NO6/c7-3(8)1-2(4(9)10)12-5(11)6-1/h1-2H,(H,6,11)(H,7,8)(H,9,10)/t1-,2-/m0/s1. The van der Waals surface area contributed by atoms with Crippen molar-refractivity contribution in [2.75, 3.05) is 0 Å². The molecule has 1 saturated heterocycles. The van der Waals surface area contributed by atoms with Gasteiger partial charge in [-0.15, -0.1) is 0 Å². The monoisotopic (exact) mass is 175 g/mol. The molecule has 0 spiro atoms. The number of aliphatic carboxylic acids is 2. The highest BCUT2D eigenvalue weighted by Gasteiger charge is 2.44. The van der Waals surface area contributed by atoms with E-state index in [0.717, 1.165) is 0 Å². The lowest BCUT2D eigenvalue weighted by Gasteiger charge is -2.06. The minimum atomic E-state index is -1.64. The summed E-state index contributed by atoms with van der Waals surface area (Å²) in [4.78, 5) is 31.0. The fourth-order valence-electron chi connectivity index (χ4n) is 0.804. The smallest absolute Gasteiger partial charge is 0.408 e. The largest absolute Gasteiger partial charge is 0.480 e. The normalized spacial score (nSPS) is 27.5. The second-order valence-electron chi connectivity index (χ2n) is 2.12. The molecule has 1 rings (SSSR count). The van der Waals surface area contributed by atoms with Gasteiger partial charge in [0.2, 0.25) is 6.10 Å². The molecule has 0 aromatic heterocycles. The second-order valence-corrected chi connectivity index (χ2v) is 2.12. The van der Waals surface area contributed by atoms with Crippen LogP contribution in [0.1, 0.15) is 0 Å². The third kappa shape index (κ3) is 1.29. The van der Waals surface area contributed by atoms with Gasteiger partial charge in [-0.25, -0.2) is 14.4 Å². The van der Waals surface area contributed by atoms with Crippen LogP contribution in [-0.2, 0) is 14.3 Å². The van der Waals surface area contributed by atoms with Crippen molar-refractivity contribution in [3.05, 3.63) is 0 Å². The van der Waals surface area contributed by atoms with Crippen molar-refractivity contribution < 1.29 is 29.3 Å². The minimum Gasteiger partial charge on any atom is -0.480 e. The Bertz CT molecular complexity index is 224. The molecule has 7 nitrogen and oxygen atoms in total. The van der Waals surface area contributed by atoms with E-state index in [1.165, 1.54) is 0 Å². The van der Waals surface area contributed by atoms with Crippen LogP contribution in [0.5, 0.6) is 0 Å². The van der Waals surface area contributed by atoms with Gasteiger partial charge >= 0.3 is 18.0 Å². The Hall–Kier alpha value is -1.79. The van der Waals surface area contributed by atoms with Crippen LogP contribution >= 0.6 is 0 Å². The van der Waals surface area contributed by atoms with Gasteiger partial charge in [0.05, 0.1) is 0 Å². The maximum absolute atomic E-state index is 10.4. The molecule has 1 fully saturated rings. The summed E-state index contributed by atoms with van der Waals surface area (Å²) in [7, 11) is 0. The molecule has 66 valence electrons. The van der Waals surface area contributed by atoms with E-state index in [1.54, 1.807) is 0 Å². The zero-order chi connectivity index (χ0) is 9.30. The Labute approximate surface area is 65.9 Å². The predicted octanol–water partition coefficient (Wildman–Crippen LogP) is -1.37. The maximum Gasteiger partial charge on any atom is 0.408 e. The highest BCUT2D eigenvalue weighted by molar-refractivity contribution is 5.92. The summed E-state index contributed by atoms with van der Waals surface area (Å²) in [5.41, 5.74) is 0. The lowest BCUT2D eigenvalue weighted by molar-refractivity contribution is -0.152. The number of hydrogen-bond donors (Lipinski definition) is 3. The van der Waals surface area contributed by atoms with E-state index in [1.807, 2.05) is 5.32 Å². The predicted molar refractivity (Wildman–Crippen MR) is 32.5 cm³/mol. The zero-order valence-electron chi connectivity index (χ0n) is 5.68. The van der Waals surface area contributed by atoms with Crippen molar-refractivity contribution in [2.45, 2.75) is 12.1 Å². The van der Waals surface area contributed by atoms with Gasteiger partial charge in [-0.3, -0.25) is 0 Å². The summed E-state index contributed by atoms with van der Waals surface area (Å²) in [6.45, 7) is 0. The first-order chi connectivity index (χ1) is 5.52. The van der Waals surface area contributed by atoms with Crippen LogP contribution in [0, 0.1) is 0 Å². The number of cyclic esters (lactones) is 1. The third-order valence-corrected chi connectivity index (χ3v) is 1.32. The number of carboxylic acids is 2. The van der Waals surface area contributed by atoms with Gasteiger partial charge < -0.3 is 20.3 Å². The average molecular weight is 175 g/mol. The van der Waals surface area contributed by atoms with Crippen molar-refractivity contribution >= 4 is 18.0 Å². The Morgan fingerprint density at radius 1 is 1.33 bits per heavy atom. The highest BCUT2D eigenvalue weighted by Crippen LogP contribution is 2.08. The van der Waals surface area contributed by atoms with Crippen molar-refractivity contribution in [3.8, 4) is 0 Å². The molecule has 1 heterocycles. The van der Waals surface area contributed by atoms with E-state index in [-0.39, 0.29) is 0 Å². The number of carbonyl (C=O) groups is 3. The molecule has 0 aliphatic carbocycles. The van der Waals surface area contributed by atoms with E-state index in [2.05, 4.69) is 4.74 Å².